The Bertz CT molecular complexity index is 1390. The number of carbonyl (C=O) groups excluding carboxylic acids is 3. The number of halogens is 2. The van der Waals surface area contributed by atoms with Crippen molar-refractivity contribution in [1.82, 2.24) is 5.32 Å². The molecular weight excluding hydrogens is 517 g/mol. The van der Waals surface area contributed by atoms with Gasteiger partial charge >= 0.3 is 0 Å². The summed E-state index contributed by atoms with van der Waals surface area (Å²) in [6, 6.07) is 18.6. The number of carbonyl (C=O) groups is 3. The first-order chi connectivity index (χ1) is 17.8. The van der Waals surface area contributed by atoms with Crippen molar-refractivity contribution in [1.29, 1.82) is 0 Å². The number of hydrogen-bond acceptors (Lipinski definition) is 6. The average molecular weight is 540 g/mol. The van der Waals surface area contributed by atoms with Crippen molar-refractivity contribution in [2.45, 2.75) is 6.42 Å². The summed E-state index contributed by atoms with van der Waals surface area (Å²) in [5, 5.41) is 5.75. The predicted octanol–water partition coefficient (Wildman–Crippen LogP) is 4.77. The highest BCUT2D eigenvalue weighted by atomic mass is 35.5. The lowest BCUT2D eigenvalue weighted by molar-refractivity contribution is -0.120. The van der Waals surface area contributed by atoms with Gasteiger partial charge in [0.1, 0.15) is 10.7 Å². The van der Waals surface area contributed by atoms with Crippen LogP contribution in [0.5, 0.6) is 11.5 Å². The molecule has 0 bridgehead atoms. The van der Waals surface area contributed by atoms with Crippen LogP contribution in [0.1, 0.15) is 15.9 Å². The number of nitrogens with one attached hydrogen (secondary N) is 2. The summed E-state index contributed by atoms with van der Waals surface area (Å²) in [5.74, 6) is -0.280. The summed E-state index contributed by atoms with van der Waals surface area (Å²) in [5.41, 5.74) is 2.08. The van der Waals surface area contributed by atoms with Crippen LogP contribution in [-0.2, 0) is 16.0 Å². The predicted molar refractivity (Wildman–Crippen MR) is 142 cm³/mol. The van der Waals surface area contributed by atoms with E-state index in [1.165, 1.54) is 0 Å². The summed E-state index contributed by atoms with van der Waals surface area (Å²) in [6.45, 7) is 0.422. The second-order valence-electron chi connectivity index (χ2n) is 7.98. The topological polar surface area (TPSA) is 97.0 Å². The zero-order chi connectivity index (χ0) is 26.5. The number of amides is 3. The molecule has 0 spiro atoms. The fourth-order valence-electron chi connectivity index (χ4n) is 3.77. The first-order valence-electron chi connectivity index (χ1n) is 11.2. The monoisotopic (exact) mass is 539 g/mol. The van der Waals surface area contributed by atoms with Crippen LogP contribution in [0, 0.1) is 0 Å². The number of methoxy groups -OCH3 is 2. The number of imide groups is 1. The van der Waals surface area contributed by atoms with Gasteiger partial charge in [-0.1, -0.05) is 41.4 Å². The Morgan fingerprint density at radius 2 is 1.59 bits per heavy atom. The maximum absolute atomic E-state index is 12.9. The third kappa shape index (κ3) is 5.55. The van der Waals surface area contributed by atoms with Crippen LogP contribution in [0.3, 0.4) is 0 Å². The Morgan fingerprint density at radius 3 is 2.27 bits per heavy atom. The van der Waals surface area contributed by atoms with E-state index in [1.54, 1.807) is 62.8 Å². The molecule has 2 N–H and O–H groups in total. The number of benzene rings is 3. The zero-order valence-corrected chi connectivity index (χ0v) is 21.5. The fourth-order valence-corrected chi connectivity index (χ4v) is 4.20. The molecule has 1 aliphatic rings. The van der Waals surface area contributed by atoms with Gasteiger partial charge in [0, 0.05) is 17.8 Å². The van der Waals surface area contributed by atoms with Crippen molar-refractivity contribution in [2.75, 3.05) is 31.0 Å². The molecule has 1 aliphatic heterocycles. The molecule has 0 fully saturated rings. The molecule has 4 rings (SSSR count). The lowest BCUT2D eigenvalue weighted by Crippen LogP contribution is -2.32. The minimum Gasteiger partial charge on any atom is -0.493 e. The van der Waals surface area contributed by atoms with E-state index in [0.29, 0.717) is 35.7 Å². The molecule has 3 amide bonds. The van der Waals surface area contributed by atoms with Gasteiger partial charge in [-0.2, -0.15) is 0 Å². The van der Waals surface area contributed by atoms with E-state index in [1.807, 2.05) is 18.2 Å². The second kappa shape index (κ2) is 11.4. The second-order valence-corrected chi connectivity index (χ2v) is 8.77. The Labute approximate surface area is 223 Å². The molecule has 3 aromatic carbocycles. The van der Waals surface area contributed by atoms with Crippen LogP contribution in [0.15, 0.2) is 77.5 Å². The van der Waals surface area contributed by atoms with Crippen LogP contribution in [0.2, 0.25) is 5.02 Å². The lowest BCUT2D eigenvalue weighted by Gasteiger charge is -2.16. The molecule has 0 aromatic heterocycles. The van der Waals surface area contributed by atoms with Gasteiger partial charge in [-0.25, -0.2) is 4.90 Å². The summed E-state index contributed by atoms with van der Waals surface area (Å²) in [6.07, 6.45) is 0.608. The maximum atomic E-state index is 12.9. The summed E-state index contributed by atoms with van der Waals surface area (Å²) >= 11 is 12.3. The Kier molecular flexibility index (Phi) is 8.01. The normalized spacial score (nSPS) is 13.1. The molecule has 0 saturated carbocycles. The van der Waals surface area contributed by atoms with Crippen LogP contribution in [0.4, 0.5) is 11.4 Å². The van der Waals surface area contributed by atoms with Crippen LogP contribution < -0.4 is 25.0 Å². The molecular formula is C27H23Cl2N3O5. The van der Waals surface area contributed by atoms with Crippen molar-refractivity contribution in [2.24, 2.45) is 0 Å². The average Bonchev–Trinajstić information content (AvgIpc) is 3.12. The molecule has 3 aromatic rings. The number of rotatable bonds is 9. The van der Waals surface area contributed by atoms with Crippen LogP contribution >= 0.6 is 23.2 Å². The van der Waals surface area contributed by atoms with Crippen molar-refractivity contribution in [3.8, 4) is 11.5 Å². The highest BCUT2D eigenvalue weighted by molar-refractivity contribution is 6.53. The zero-order valence-electron chi connectivity index (χ0n) is 20.0. The number of ether oxygens (including phenoxy) is 2. The van der Waals surface area contributed by atoms with Crippen LogP contribution in [-0.4, -0.2) is 38.5 Å². The van der Waals surface area contributed by atoms with E-state index in [4.69, 9.17) is 32.7 Å². The molecule has 10 heteroatoms. The van der Waals surface area contributed by atoms with Gasteiger partial charge in [0.05, 0.1) is 24.9 Å². The standard InChI is InChI=1S/C27H23Cl2N3O5/c1-36-21-12-7-16(15-22(21)37-2)13-14-30-25(33)17-8-10-18(11-9-17)31-24-23(29)26(34)32(27(24)35)20-6-4-3-5-19(20)28/h3-12,15,31H,13-14H2,1-2H3,(H,30,33). The number of hydrogen-bond donors (Lipinski definition) is 2. The summed E-state index contributed by atoms with van der Waals surface area (Å²) < 4.78 is 10.5. The van der Waals surface area contributed by atoms with Gasteiger partial charge in [0.15, 0.2) is 11.5 Å². The number of nitrogens with zero attached hydrogens (tertiary/aromatic N) is 1. The molecule has 0 saturated heterocycles. The summed E-state index contributed by atoms with van der Waals surface area (Å²) in [4.78, 5) is 39.1. The van der Waals surface area contributed by atoms with Gasteiger partial charge in [-0.3, -0.25) is 14.4 Å². The Balaban J connectivity index is 1.37. The molecule has 0 radical (unpaired) electrons. The highest BCUT2D eigenvalue weighted by Crippen LogP contribution is 2.34. The first kappa shape index (κ1) is 26.1. The number of para-hydroxylation sites is 1. The number of anilines is 2. The largest absolute Gasteiger partial charge is 0.493 e. The molecule has 37 heavy (non-hydrogen) atoms. The van der Waals surface area contributed by atoms with Gasteiger partial charge in [-0.15, -0.1) is 0 Å². The molecule has 1 heterocycles. The van der Waals surface area contributed by atoms with E-state index < -0.39 is 11.8 Å². The SMILES string of the molecule is COc1ccc(CCNC(=O)c2ccc(NC3=C(Cl)C(=O)N(c4ccccc4Cl)C3=O)cc2)cc1OC. The Hall–Kier alpha value is -4.01. The van der Waals surface area contributed by atoms with Gasteiger partial charge in [-0.05, 0) is 60.5 Å². The third-order valence-corrected chi connectivity index (χ3v) is 6.35. The van der Waals surface area contributed by atoms with Gasteiger partial charge in [0.25, 0.3) is 17.7 Å². The minimum atomic E-state index is -0.673. The van der Waals surface area contributed by atoms with Gasteiger partial charge < -0.3 is 20.1 Å². The lowest BCUT2D eigenvalue weighted by atomic mass is 10.1. The van der Waals surface area contributed by atoms with E-state index in [9.17, 15) is 14.4 Å². The van der Waals surface area contributed by atoms with Crippen molar-refractivity contribution in [3.05, 3.63) is 93.6 Å². The molecule has 190 valence electrons. The Morgan fingerprint density at radius 1 is 0.892 bits per heavy atom. The molecule has 0 unspecified atom stereocenters. The van der Waals surface area contributed by atoms with E-state index in [0.717, 1.165) is 10.5 Å². The molecule has 0 aliphatic carbocycles. The third-order valence-electron chi connectivity index (χ3n) is 5.68. The smallest absolute Gasteiger partial charge is 0.283 e. The maximum Gasteiger partial charge on any atom is 0.283 e. The van der Waals surface area contributed by atoms with Crippen molar-refractivity contribution >= 4 is 52.3 Å². The van der Waals surface area contributed by atoms with Gasteiger partial charge in [0.2, 0.25) is 0 Å². The first-order valence-corrected chi connectivity index (χ1v) is 12.0. The van der Waals surface area contributed by atoms with Crippen molar-refractivity contribution in [3.63, 3.8) is 0 Å². The molecule has 8 nitrogen and oxygen atoms in total. The van der Waals surface area contributed by atoms with Crippen molar-refractivity contribution < 1.29 is 23.9 Å². The van der Waals surface area contributed by atoms with E-state index >= 15 is 0 Å². The van der Waals surface area contributed by atoms with E-state index in [-0.39, 0.29) is 27.3 Å². The minimum absolute atomic E-state index is 0.0706. The summed E-state index contributed by atoms with van der Waals surface area (Å²) in [7, 11) is 3.15. The van der Waals surface area contributed by atoms with Crippen LogP contribution in [0.25, 0.3) is 0 Å². The fraction of sp³-hybridized carbons (Fsp3) is 0.148. The quantitative estimate of drug-likeness (QED) is 0.380. The van der Waals surface area contributed by atoms with E-state index in [2.05, 4.69) is 10.6 Å². The molecule has 0 atom stereocenters. The highest BCUT2D eigenvalue weighted by Gasteiger charge is 2.39.